The van der Waals surface area contributed by atoms with E-state index in [1.165, 1.54) is 5.56 Å². The van der Waals surface area contributed by atoms with Gasteiger partial charge in [0.15, 0.2) is 0 Å². The Morgan fingerprint density at radius 3 is 2.39 bits per heavy atom. The molecule has 0 bridgehead atoms. The molecule has 1 unspecified atom stereocenters. The van der Waals surface area contributed by atoms with Gasteiger partial charge in [-0.15, -0.1) is 0 Å². The third-order valence-electron chi connectivity index (χ3n) is 3.10. The van der Waals surface area contributed by atoms with E-state index >= 15 is 0 Å². The second-order valence-corrected chi connectivity index (χ2v) is 4.70. The molecule has 2 aromatic carbocycles. The fourth-order valence-electron chi connectivity index (χ4n) is 1.84. The van der Waals surface area contributed by atoms with Gasteiger partial charge in [0.2, 0.25) is 0 Å². The Bertz CT molecular complexity index is 537. The van der Waals surface area contributed by atoms with E-state index in [1.807, 2.05) is 31.3 Å². The number of rotatable bonds is 3. The van der Waals surface area contributed by atoms with Crippen molar-refractivity contribution in [2.24, 2.45) is 0 Å². The predicted octanol–water partition coefficient (Wildman–Crippen LogP) is 3.99. The summed E-state index contributed by atoms with van der Waals surface area (Å²) in [5.41, 5.74) is 3.17. The van der Waals surface area contributed by atoms with Crippen LogP contribution in [-0.4, -0.2) is 12.2 Å². The van der Waals surface area contributed by atoms with Crippen LogP contribution < -0.4 is 5.32 Å². The van der Waals surface area contributed by atoms with Crippen LogP contribution in [0, 0.1) is 0 Å². The lowest BCUT2D eigenvalue weighted by Crippen LogP contribution is -2.12. The number of nitrogens with one attached hydrogen (secondary N) is 1. The van der Waals surface area contributed by atoms with Crippen molar-refractivity contribution in [3.05, 3.63) is 53.1 Å². The number of phenolic OH excluding ortho intramolecular Hbond substituents is 1. The van der Waals surface area contributed by atoms with Crippen LogP contribution >= 0.6 is 11.6 Å². The molecule has 94 valence electrons. The lowest BCUT2D eigenvalue weighted by atomic mass is 10.00. The van der Waals surface area contributed by atoms with Gasteiger partial charge in [-0.1, -0.05) is 29.8 Å². The summed E-state index contributed by atoms with van der Waals surface area (Å²) < 4.78 is 0. The molecular weight excluding hydrogens is 246 g/mol. The molecule has 0 saturated heterocycles. The number of benzene rings is 2. The van der Waals surface area contributed by atoms with Gasteiger partial charge in [-0.25, -0.2) is 0 Å². The van der Waals surface area contributed by atoms with Crippen LogP contribution in [-0.2, 0) is 0 Å². The van der Waals surface area contributed by atoms with Crippen LogP contribution in [0.5, 0.6) is 5.75 Å². The maximum Gasteiger partial charge on any atom is 0.115 e. The number of hydrogen-bond donors (Lipinski definition) is 2. The highest BCUT2D eigenvalue weighted by Crippen LogP contribution is 2.31. The fourth-order valence-corrected chi connectivity index (χ4v) is 2.07. The molecule has 0 aromatic heterocycles. The van der Waals surface area contributed by atoms with E-state index < -0.39 is 0 Å². The summed E-state index contributed by atoms with van der Waals surface area (Å²) in [6.45, 7) is 2.10. The quantitative estimate of drug-likeness (QED) is 0.876. The lowest BCUT2D eigenvalue weighted by Gasteiger charge is -2.13. The molecule has 0 aliphatic rings. The van der Waals surface area contributed by atoms with E-state index in [1.54, 1.807) is 12.1 Å². The molecule has 2 rings (SSSR count). The molecule has 0 aliphatic carbocycles. The average Bonchev–Trinajstić information content (AvgIpc) is 2.39. The number of aromatic hydroxyl groups is 1. The van der Waals surface area contributed by atoms with Crippen molar-refractivity contribution in [3.8, 4) is 16.9 Å². The summed E-state index contributed by atoms with van der Waals surface area (Å²) in [7, 11) is 1.93. The first kappa shape index (κ1) is 12.9. The molecule has 2 N–H and O–H groups in total. The third-order valence-corrected chi connectivity index (χ3v) is 3.43. The van der Waals surface area contributed by atoms with Crippen LogP contribution in [0.2, 0.25) is 5.02 Å². The monoisotopic (exact) mass is 261 g/mol. The molecule has 3 heteroatoms. The molecule has 0 radical (unpaired) electrons. The Balaban J connectivity index is 2.46. The van der Waals surface area contributed by atoms with Gasteiger partial charge in [0.05, 0.1) is 0 Å². The summed E-state index contributed by atoms with van der Waals surface area (Å²) >= 11 is 6.24. The molecule has 0 fully saturated rings. The topological polar surface area (TPSA) is 32.3 Å². The average molecular weight is 262 g/mol. The van der Waals surface area contributed by atoms with Crippen molar-refractivity contribution in [1.82, 2.24) is 5.32 Å². The van der Waals surface area contributed by atoms with Gasteiger partial charge in [0.1, 0.15) is 5.75 Å². The van der Waals surface area contributed by atoms with E-state index in [0.717, 1.165) is 11.1 Å². The number of phenols is 1. The van der Waals surface area contributed by atoms with Crippen molar-refractivity contribution in [2.75, 3.05) is 7.05 Å². The van der Waals surface area contributed by atoms with Gasteiger partial charge in [-0.2, -0.15) is 0 Å². The largest absolute Gasteiger partial charge is 0.508 e. The van der Waals surface area contributed by atoms with Gasteiger partial charge in [-0.05, 0) is 49.4 Å². The maximum atomic E-state index is 9.31. The molecule has 0 amide bonds. The molecular formula is C15H16ClNO. The van der Waals surface area contributed by atoms with Crippen molar-refractivity contribution >= 4 is 11.6 Å². The first-order valence-corrected chi connectivity index (χ1v) is 6.25. The summed E-state index contributed by atoms with van der Waals surface area (Å²) in [4.78, 5) is 0. The van der Waals surface area contributed by atoms with E-state index in [2.05, 4.69) is 18.3 Å². The highest BCUT2D eigenvalue weighted by atomic mass is 35.5. The third kappa shape index (κ3) is 2.66. The first-order valence-electron chi connectivity index (χ1n) is 5.88. The van der Waals surface area contributed by atoms with E-state index in [4.69, 9.17) is 11.6 Å². The Hall–Kier alpha value is -1.51. The van der Waals surface area contributed by atoms with Crippen molar-refractivity contribution in [2.45, 2.75) is 13.0 Å². The van der Waals surface area contributed by atoms with Crippen molar-refractivity contribution in [3.63, 3.8) is 0 Å². The van der Waals surface area contributed by atoms with Crippen molar-refractivity contribution < 1.29 is 5.11 Å². The van der Waals surface area contributed by atoms with Crippen LogP contribution in [0.3, 0.4) is 0 Å². The van der Waals surface area contributed by atoms with Crippen LogP contribution in [0.4, 0.5) is 0 Å². The lowest BCUT2D eigenvalue weighted by molar-refractivity contribution is 0.475. The summed E-state index contributed by atoms with van der Waals surface area (Å²) in [5.74, 6) is 0.259. The Morgan fingerprint density at radius 1 is 1.11 bits per heavy atom. The fraction of sp³-hybridized carbons (Fsp3) is 0.200. The number of halogens is 1. The van der Waals surface area contributed by atoms with E-state index in [0.29, 0.717) is 5.02 Å². The Kier molecular flexibility index (Phi) is 3.90. The molecule has 0 aliphatic heterocycles. The molecule has 0 heterocycles. The van der Waals surface area contributed by atoms with Gasteiger partial charge in [0, 0.05) is 16.6 Å². The highest BCUT2D eigenvalue weighted by Gasteiger charge is 2.08. The molecule has 1 atom stereocenters. The van der Waals surface area contributed by atoms with Gasteiger partial charge in [0.25, 0.3) is 0 Å². The standard InChI is InChI=1S/C15H16ClNO/c1-10(17-2)12-5-8-15(16)14(9-12)11-3-6-13(18)7-4-11/h3-10,17-18H,1-2H3. The highest BCUT2D eigenvalue weighted by molar-refractivity contribution is 6.33. The number of hydrogen-bond acceptors (Lipinski definition) is 2. The van der Waals surface area contributed by atoms with Crippen LogP contribution in [0.1, 0.15) is 18.5 Å². The van der Waals surface area contributed by atoms with E-state index in [-0.39, 0.29) is 11.8 Å². The minimum Gasteiger partial charge on any atom is -0.508 e. The van der Waals surface area contributed by atoms with Crippen LogP contribution in [0.15, 0.2) is 42.5 Å². The summed E-state index contributed by atoms with van der Waals surface area (Å²) in [6, 6.07) is 13.4. The molecule has 0 spiro atoms. The maximum absolute atomic E-state index is 9.31. The normalized spacial score (nSPS) is 12.4. The SMILES string of the molecule is CNC(C)c1ccc(Cl)c(-c2ccc(O)cc2)c1. The Labute approximate surface area is 112 Å². The molecule has 0 saturated carbocycles. The molecule has 18 heavy (non-hydrogen) atoms. The summed E-state index contributed by atoms with van der Waals surface area (Å²) in [6.07, 6.45) is 0. The van der Waals surface area contributed by atoms with E-state index in [9.17, 15) is 5.11 Å². The second kappa shape index (κ2) is 5.42. The first-order chi connectivity index (χ1) is 8.61. The minimum atomic E-state index is 0.259. The second-order valence-electron chi connectivity index (χ2n) is 4.30. The predicted molar refractivity (Wildman–Crippen MR) is 76.0 cm³/mol. The zero-order valence-electron chi connectivity index (χ0n) is 10.4. The minimum absolute atomic E-state index is 0.259. The van der Waals surface area contributed by atoms with Gasteiger partial charge in [-0.3, -0.25) is 0 Å². The molecule has 2 aromatic rings. The van der Waals surface area contributed by atoms with Gasteiger partial charge >= 0.3 is 0 Å². The zero-order valence-corrected chi connectivity index (χ0v) is 11.2. The smallest absolute Gasteiger partial charge is 0.115 e. The molecule has 2 nitrogen and oxygen atoms in total. The zero-order chi connectivity index (χ0) is 13.1. The van der Waals surface area contributed by atoms with Crippen LogP contribution in [0.25, 0.3) is 11.1 Å². The van der Waals surface area contributed by atoms with Crippen molar-refractivity contribution in [1.29, 1.82) is 0 Å². The Morgan fingerprint density at radius 2 is 1.78 bits per heavy atom. The van der Waals surface area contributed by atoms with Gasteiger partial charge < -0.3 is 10.4 Å². The summed E-state index contributed by atoms with van der Waals surface area (Å²) in [5, 5.41) is 13.2.